The summed E-state index contributed by atoms with van der Waals surface area (Å²) in [6, 6.07) is 0. The number of piperidine rings is 1. The second-order valence-electron chi connectivity index (χ2n) is 7.05. The molecule has 2 unspecified atom stereocenters. The van der Waals surface area contributed by atoms with E-state index in [1.165, 1.54) is 12.8 Å². The molecule has 2 rings (SSSR count). The SMILES string of the molecule is CC(C)(C)OC(=O)N1CCC(C2CC2)C(CCN)C1. The van der Waals surface area contributed by atoms with Crippen LogP contribution in [0.5, 0.6) is 0 Å². The lowest BCUT2D eigenvalue weighted by molar-refractivity contribution is 0.00783. The maximum Gasteiger partial charge on any atom is 0.410 e. The zero-order chi connectivity index (χ0) is 14.0. The highest BCUT2D eigenvalue weighted by Gasteiger charge is 2.40. The number of nitrogens with two attached hydrogens (primary N) is 1. The molecule has 0 radical (unpaired) electrons. The van der Waals surface area contributed by atoms with Crippen molar-refractivity contribution in [3.63, 3.8) is 0 Å². The molecule has 4 nitrogen and oxygen atoms in total. The van der Waals surface area contributed by atoms with Crippen LogP contribution in [0.2, 0.25) is 0 Å². The van der Waals surface area contributed by atoms with Gasteiger partial charge in [0.2, 0.25) is 0 Å². The van der Waals surface area contributed by atoms with Gasteiger partial charge < -0.3 is 15.4 Å². The van der Waals surface area contributed by atoms with Crippen LogP contribution in [-0.2, 0) is 4.74 Å². The van der Waals surface area contributed by atoms with E-state index in [0.717, 1.165) is 44.3 Å². The van der Waals surface area contributed by atoms with Crippen molar-refractivity contribution in [2.75, 3.05) is 19.6 Å². The van der Waals surface area contributed by atoms with Crippen molar-refractivity contribution in [3.05, 3.63) is 0 Å². The Morgan fingerprint density at radius 2 is 2.00 bits per heavy atom. The quantitative estimate of drug-likeness (QED) is 0.856. The van der Waals surface area contributed by atoms with Gasteiger partial charge in [-0.15, -0.1) is 0 Å². The van der Waals surface area contributed by atoms with Crippen molar-refractivity contribution in [2.24, 2.45) is 23.5 Å². The summed E-state index contributed by atoms with van der Waals surface area (Å²) in [6.07, 6.45) is 4.73. The summed E-state index contributed by atoms with van der Waals surface area (Å²) in [4.78, 5) is 14.0. The van der Waals surface area contributed by atoms with E-state index in [1.54, 1.807) is 0 Å². The van der Waals surface area contributed by atoms with Gasteiger partial charge in [-0.3, -0.25) is 0 Å². The molecular formula is C15H28N2O2. The predicted molar refractivity (Wildman–Crippen MR) is 75.8 cm³/mol. The fraction of sp³-hybridized carbons (Fsp3) is 0.933. The zero-order valence-electron chi connectivity index (χ0n) is 12.5. The molecule has 1 amide bonds. The van der Waals surface area contributed by atoms with Gasteiger partial charge in [0, 0.05) is 13.1 Å². The first-order valence-electron chi connectivity index (χ1n) is 7.58. The third-order valence-corrected chi connectivity index (χ3v) is 4.21. The first-order valence-corrected chi connectivity index (χ1v) is 7.58. The van der Waals surface area contributed by atoms with Crippen LogP contribution in [-0.4, -0.2) is 36.2 Å². The molecule has 2 fully saturated rings. The van der Waals surface area contributed by atoms with Crippen molar-refractivity contribution in [1.29, 1.82) is 0 Å². The monoisotopic (exact) mass is 268 g/mol. The van der Waals surface area contributed by atoms with Crippen LogP contribution in [0.4, 0.5) is 4.79 Å². The second-order valence-corrected chi connectivity index (χ2v) is 7.05. The number of ether oxygens (including phenoxy) is 1. The molecular weight excluding hydrogens is 240 g/mol. The molecule has 2 aliphatic rings. The Morgan fingerprint density at radius 3 is 2.53 bits per heavy atom. The predicted octanol–water partition coefficient (Wildman–Crippen LogP) is 2.62. The molecule has 0 aromatic heterocycles. The molecule has 0 bridgehead atoms. The highest BCUT2D eigenvalue weighted by atomic mass is 16.6. The maximum atomic E-state index is 12.1. The van der Waals surface area contributed by atoms with Gasteiger partial charge in [0.1, 0.15) is 5.60 Å². The normalized spacial score (nSPS) is 28.3. The number of carbonyl (C=O) groups is 1. The number of likely N-dealkylation sites (tertiary alicyclic amines) is 1. The minimum Gasteiger partial charge on any atom is -0.444 e. The van der Waals surface area contributed by atoms with E-state index in [0.29, 0.717) is 5.92 Å². The van der Waals surface area contributed by atoms with E-state index in [9.17, 15) is 4.79 Å². The summed E-state index contributed by atoms with van der Waals surface area (Å²) in [5.74, 6) is 2.25. The number of nitrogens with zero attached hydrogens (tertiary/aromatic N) is 1. The van der Waals surface area contributed by atoms with Crippen LogP contribution in [0.3, 0.4) is 0 Å². The summed E-state index contributed by atoms with van der Waals surface area (Å²) < 4.78 is 5.47. The highest BCUT2D eigenvalue weighted by molar-refractivity contribution is 5.68. The van der Waals surface area contributed by atoms with Gasteiger partial charge >= 0.3 is 6.09 Å². The average molecular weight is 268 g/mol. The third kappa shape index (κ3) is 4.10. The Labute approximate surface area is 116 Å². The highest BCUT2D eigenvalue weighted by Crippen LogP contribution is 2.45. The van der Waals surface area contributed by atoms with Crippen LogP contribution < -0.4 is 5.73 Å². The van der Waals surface area contributed by atoms with Crippen LogP contribution in [0.1, 0.15) is 46.5 Å². The summed E-state index contributed by atoms with van der Waals surface area (Å²) >= 11 is 0. The summed E-state index contributed by atoms with van der Waals surface area (Å²) in [5.41, 5.74) is 5.32. The number of amides is 1. The summed E-state index contributed by atoms with van der Waals surface area (Å²) in [6.45, 7) is 8.14. The molecule has 1 aliphatic carbocycles. The molecule has 1 heterocycles. The molecule has 2 atom stereocenters. The van der Waals surface area contributed by atoms with Gasteiger partial charge in [0.15, 0.2) is 0 Å². The van der Waals surface area contributed by atoms with Gasteiger partial charge in [0.05, 0.1) is 0 Å². The molecule has 0 spiro atoms. The van der Waals surface area contributed by atoms with Gasteiger partial charge in [-0.25, -0.2) is 4.79 Å². The fourth-order valence-corrected chi connectivity index (χ4v) is 3.21. The van der Waals surface area contributed by atoms with Crippen LogP contribution in [0, 0.1) is 17.8 Å². The third-order valence-electron chi connectivity index (χ3n) is 4.21. The van der Waals surface area contributed by atoms with Crippen molar-refractivity contribution in [1.82, 2.24) is 4.90 Å². The minimum absolute atomic E-state index is 0.163. The van der Waals surface area contributed by atoms with E-state index >= 15 is 0 Å². The van der Waals surface area contributed by atoms with E-state index in [-0.39, 0.29) is 6.09 Å². The fourth-order valence-electron chi connectivity index (χ4n) is 3.21. The average Bonchev–Trinajstić information content (AvgIpc) is 3.11. The van der Waals surface area contributed by atoms with Crippen molar-refractivity contribution in [3.8, 4) is 0 Å². The summed E-state index contributed by atoms with van der Waals surface area (Å²) in [5, 5.41) is 0. The molecule has 2 N–H and O–H groups in total. The molecule has 1 saturated heterocycles. The lowest BCUT2D eigenvalue weighted by Crippen LogP contribution is -2.46. The Kier molecular flexibility index (Phi) is 4.39. The molecule has 19 heavy (non-hydrogen) atoms. The summed E-state index contributed by atoms with van der Waals surface area (Å²) in [7, 11) is 0. The van der Waals surface area contributed by atoms with E-state index in [1.807, 2.05) is 25.7 Å². The molecule has 0 aromatic carbocycles. The largest absolute Gasteiger partial charge is 0.444 e. The topological polar surface area (TPSA) is 55.6 Å². The number of hydrogen-bond donors (Lipinski definition) is 1. The van der Waals surface area contributed by atoms with Gasteiger partial charge in [-0.05, 0) is 70.8 Å². The Morgan fingerprint density at radius 1 is 1.32 bits per heavy atom. The Hall–Kier alpha value is -0.770. The van der Waals surface area contributed by atoms with Gasteiger partial charge in [-0.2, -0.15) is 0 Å². The minimum atomic E-state index is -0.409. The lowest BCUT2D eigenvalue weighted by Gasteiger charge is -2.39. The first kappa shape index (κ1) is 14.6. The standard InChI is InChI=1S/C15H28N2O2/c1-15(2,3)19-14(18)17-9-7-13(11-4-5-11)12(10-17)6-8-16/h11-13H,4-10,16H2,1-3H3. The van der Waals surface area contributed by atoms with Crippen LogP contribution >= 0.6 is 0 Å². The Balaban J connectivity index is 1.92. The second kappa shape index (κ2) is 5.70. The zero-order valence-corrected chi connectivity index (χ0v) is 12.5. The first-order chi connectivity index (χ1) is 8.90. The van der Waals surface area contributed by atoms with Crippen LogP contribution in [0.15, 0.2) is 0 Å². The smallest absolute Gasteiger partial charge is 0.410 e. The van der Waals surface area contributed by atoms with Crippen molar-refractivity contribution in [2.45, 2.75) is 52.1 Å². The number of hydrogen-bond acceptors (Lipinski definition) is 3. The van der Waals surface area contributed by atoms with E-state index < -0.39 is 5.60 Å². The number of rotatable bonds is 3. The van der Waals surface area contributed by atoms with Crippen molar-refractivity contribution >= 4 is 6.09 Å². The van der Waals surface area contributed by atoms with Gasteiger partial charge in [0.25, 0.3) is 0 Å². The van der Waals surface area contributed by atoms with Crippen molar-refractivity contribution < 1.29 is 9.53 Å². The maximum absolute atomic E-state index is 12.1. The lowest BCUT2D eigenvalue weighted by atomic mass is 9.80. The molecule has 1 aliphatic heterocycles. The molecule has 110 valence electrons. The number of carbonyl (C=O) groups excluding carboxylic acids is 1. The van der Waals surface area contributed by atoms with E-state index in [2.05, 4.69) is 0 Å². The van der Waals surface area contributed by atoms with Crippen LogP contribution in [0.25, 0.3) is 0 Å². The van der Waals surface area contributed by atoms with E-state index in [4.69, 9.17) is 10.5 Å². The Bertz CT molecular complexity index is 321. The van der Waals surface area contributed by atoms with Gasteiger partial charge in [-0.1, -0.05) is 0 Å². The molecule has 4 heteroatoms. The molecule has 1 saturated carbocycles. The molecule has 0 aromatic rings.